The fraction of sp³-hybridized carbons (Fsp3) is 0.385. The summed E-state index contributed by atoms with van der Waals surface area (Å²) < 4.78 is 5.05. The van der Waals surface area contributed by atoms with Gasteiger partial charge in [-0.15, -0.1) is 0 Å². The Balaban J connectivity index is 2.25. The van der Waals surface area contributed by atoms with Crippen LogP contribution < -0.4 is 5.73 Å². The van der Waals surface area contributed by atoms with Crippen molar-refractivity contribution in [2.24, 2.45) is 5.73 Å². The standard InChI is InChI=1S/C13H19N3O3/c1-16(13(14)15)8-4-5-9-19-12(18)10-6-2-3-7-11(10)17/h2-3,6-7,17H,4-5,8-9H2,1H3,(H3,14,15). The molecule has 0 aliphatic rings. The van der Waals surface area contributed by atoms with Gasteiger partial charge in [0.2, 0.25) is 0 Å². The fourth-order valence-electron chi connectivity index (χ4n) is 1.46. The van der Waals surface area contributed by atoms with E-state index < -0.39 is 5.97 Å². The number of guanidine groups is 1. The van der Waals surface area contributed by atoms with E-state index in [1.54, 1.807) is 24.1 Å². The minimum Gasteiger partial charge on any atom is -0.507 e. The lowest BCUT2D eigenvalue weighted by molar-refractivity contribution is 0.0494. The first kappa shape index (κ1) is 14.8. The summed E-state index contributed by atoms with van der Waals surface area (Å²) in [7, 11) is 1.73. The number of hydrogen-bond donors (Lipinski definition) is 3. The van der Waals surface area contributed by atoms with Crippen LogP contribution >= 0.6 is 0 Å². The molecule has 1 rings (SSSR count). The van der Waals surface area contributed by atoms with Crippen LogP contribution in [-0.4, -0.2) is 42.1 Å². The van der Waals surface area contributed by atoms with Gasteiger partial charge in [-0.1, -0.05) is 12.1 Å². The van der Waals surface area contributed by atoms with E-state index in [4.69, 9.17) is 15.9 Å². The van der Waals surface area contributed by atoms with Crippen molar-refractivity contribution in [1.82, 2.24) is 4.90 Å². The van der Waals surface area contributed by atoms with Gasteiger partial charge in [-0.2, -0.15) is 0 Å². The molecule has 6 nitrogen and oxygen atoms in total. The molecule has 0 bridgehead atoms. The van der Waals surface area contributed by atoms with Crippen LogP contribution in [0.25, 0.3) is 0 Å². The molecule has 0 heterocycles. The molecule has 1 aromatic rings. The average Bonchev–Trinajstić information content (AvgIpc) is 2.38. The van der Waals surface area contributed by atoms with Crippen molar-refractivity contribution in [3.8, 4) is 5.75 Å². The second-order valence-corrected chi connectivity index (χ2v) is 4.17. The first-order chi connectivity index (χ1) is 9.02. The highest BCUT2D eigenvalue weighted by molar-refractivity contribution is 5.92. The van der Waals surface area contributed by atoms with Gasteiger partial charge in [0.1, 0.15) is 11.3 Å². The smallest absolute Gasteiger partial charge is 0.341 e. The Kier molecular flexibility index (Phi) is 5.66. The number of phenols is 1. The summed E-state index contributed by atoms with van der Waals surface area (Å²) in [5, 5.41) is 16.6. The topological polar surface area (TPSA) is 99.6 Å². The number of para-hydroxylation sites is 1. The van der Waals surface area contributed by atoms with Crippen molar-refractivity contribution in [3.05, 3.63) is 29.8 Å². The van der Waals surface area contributed by atoms with Crippen molar-refractivity contribution in [2.75, 3.05) is 20.2 Å². The zero-order valence-electron chi connectivity index (χ0n) is 10.9. The number of unbranched alkanes of at least 4 members (excludes halogenated alkanes) is 1. The van der Waals surface area contributed by atoms with Crippen LogP contribution in [0, 0.1) is 5.41 Å². The third-order valence-corrected chi connectivity index (χ3v) is 2.66. The molecule has 0 aliphatic heterocycles. The van der Waals surface area contributed by atoms with Crippen LogP contribution in [0.15, 0.2) is 24.3 Å². The molecule has 19 heavy (non-hydrogen) atoms. The number of aromatic hydroxyl groups is 1. The van der Waals surface area contributed by atoms with Crippen LogP contribution in [-0.2, 0) is 4.74 Å². The molecule has 4 N–H and O–H groups in total. The highest BCUT2D eigenvalue weighted by Gasteiger charge is 2.11. The molecular weight excluding hydrogens is 246 g/mol. The Morgan fingerprint density at radius 1 is 1.42 bits per heavy atom. The Labute approximate surface area is 112 Å². The molecule has 1 aromatic carbocycles. The molecule has 0 unspecified atom stereocenters. The van der Waals surface area contributed by atoms with Crippen LogP contribution in [0.2, 0.25) is 0 Å². The Bertz CT molecular complexity index is 449. The summed E-state index contributed by atoms with van der Waals surface area (Å²) in [6.07, 6.45) is 1.45. The number of hydrogen-bond acceptors (Lipinski definition) is 4. The van der Waals surface area contributed by atoms with E-state index in [2.05, 4.69) is 0 Å². The number of carbonyl (C=O) groups is 1. The van der Waals surface area contributed by atoms with Crippen LogP contribution in [0.4, 0.5) is 0 Å². The average molecular weight is 265 g/mol. The normalized spacial score (nSPS) is 9.95. The van der Waals surface area contributed by atoms with Gasteiger partial charge in [0, 0.05) is 13.6 Å². The molecule has 6 heteroatoms. The summed E-state index contributed by atoms with van der Waals surface area (Å²) >= 11 is 0. The third kappa shape index (κ3) is 4.87. The van der Waals surface area contributed by atoms with E-state index in [0.717, 1.165) is 6.42 Å². The highest BCUT2D eigenvalue weighted by atomic mass is 16.5. The zero-order chi connectivity index (χ0) is 14.3. The van der Waals surface area contributed by atoms with Gasteiger partial charge >= 0.3 is 5.97 Å². The van der Waals surface area contributed by atoms with Gasteiger partial charge in [-0.3, -0.25) is 5.41 Å². The predicted molar refractivity (Wildman–Crippen MR) is 72.2 cm³/mol. The van der Waals surface area contributed by atoms with E-state index in [0.29, 0.717) is 13.0 Å². The molecule has 0 saturated carbocycles. The highest BCUT2D eigenvalue weighted by Crippen LogP contribution is 2.16. The van der Waals surface area contributed by atoms with E-state index in [9.17, 15) is 9.90 Å². The maximum absolute atomic E-state index is 11.6. The van der Waals surface area contributed by atoms with E-state index in [1.807, 2.05) is 0 Å². The second kappa shape index (κ2) is 7.25. The van der Waals surface area contributed by atoms with Crippen molar-refractivity contribution >= 4 is 11.9 Å². The molecule has 0 aromatic heterocycles. The zero-order valence-corrected chi connectivity index (χ0v) is 10.9. The maximum Gasteiger partial charge on any atom is 0.341 e. The molecule has 0 fully saturated rings. The Morgan fingerprint density at radius 3 is 2.74 bits per heavy atom. The number of ether oxygens (including phenoxy) is 1. The molecule has 0 amide bonds. The fourth-order valence-corrected chi connectivity index (χ4v) is 1.46. The maximum atomic E-state index is 11.6. The molecule has 0 atom stereocenters. The van der Waals surface area contributed by atoms with Gasteiger partial charge < -0.3 is 20.5 Å². The van der Waals surface area contributed by atoms with Crippen LogP contribution in [0.3, 0.4) is 0 Å². The molecule has 0 radical (unpaired) electrons. The van der Waals surface area contributed by atoms with Gasteiger partial charge in [-0.25, -0.2) is 4.79 Å². The number of phenolic OH excluding ortho intramolecular Hbond substituents is 1. The van der Waals surface area contributed by atoms with Crippen molar-refractivity contribution in [1.29, 1.82) is 5.41 Å². The summed E-state index contributed by atoms with van der Waals surface area (Å²) in [5.41, 5.74) is 5.46. The number of carbonyl (C=O) groups excluding carboxylic acids is 1. The van der Waals surface area contributed by atoms with E-state index in [-0.39, 0.29) is 23.9 Å². The molecular formula is C13H19N3O3. The number of esters is 1. The lowest BCUT2D eigenvalue weighted by Crippen LogP contribution is -2.33. The van der Waals surface area contributed by atoms with Gasteiger partial charge in [-0.05, 0) is 25.0 Å². The molecule has 0 aliphatic carbocycles. The Hall–Kier alpha value is -2.24. The summed E-state index contributed by atoms with van der Waals surface area (Å²) in [5.74, 6) is -0.590. The van der Waals surface area contributed by atoms with Crippen molar-refractivity contribution in [3.63, 3.8) is 0 Å². The minimum absolute atomic E-state index is 0.0196. The number of nitrogens with zero attached hydrogens (tertiary/aromatic N) is 1. The lowest BCUT2D eigenvalue weighted by atomic mass is 10.2. The third-order valence-electron chi connectivity index (χ3n) is 2.66. The monoisotopic (exact) mass is 265 g/mol. The second-order valence-electron chi connectivity index (χ2n) is 4.17. The van der Waals surface area contributed by atoms with Gasteiger partial charge in [0.25, 0.3) is 0 Å². The number of benzene rings is 1. The summed E-state index contributed by atoms with van der Waals surface area (Å²) in [6, 6.07) is 6.27. The van der Waals surface area contributed by atoms with E-state index in [1.165, 1.54) is 12.1 Å². The lowest BCUT2D eigenvalue weighted by Gasteiger charge is -2.15. The van der Waals surface area contributed by atoms with Crippen molar-refractivity contribution in [2.45, 2.75) is 12.8 Å². The van der Waals surface area contributed by atoms with Gasteiger partial charge in [0.05, 0.1) is 6.61 Å². The summed E-state index contributed by atoms with van der Waals surface area (Å²) in [6.45, 7) is 0.919. The molecule has 104 valence electrons. The molecule has 0 saturated heterocycles. The van der Waals surface area contributed by atoms with Crippen LogP contribution in [0.5, 0.6) is 5.75 Å². The first-order valence-electron chi connectivity index (χ1n) is 6.02. The van der Waals surface area contributed by atoms with Crippen molar-refractivity contribution < 1.29 is 14.6 Å². The molecule has 0 spiro atoms. The largest absolute Gasteiger partial charge is 0.507 e. The minimum atomic E-state index is -0.530. The SMILES string of the molecule is CN(CCCCOC(=O)c1ccccc1O)C(=N)N. The quantitative estimate of drug-likeness (QED) is 0.310. The number of rotatable bonds is 6. The van der Waals surface area contributed by atoms with E-state index >= 15 is 0 Å². The summed E-state index contributed by atoms with van der Waals surface area (Å²) in [4.78, 5) is 13.2. The predicted octanol–water partition coefficient (Wildman–Crippen LogP) is 1.15. The Morgan fingerprint density at radius 2 is 2.11 bits per heavy atom. The van der Waals surface area contributed by atoms with Crippen LogP contribution in [0.1, 0.15) is 23.2 Å². The van der Waals surface area contributed by atoms with Gasteiger partial charge in [0.15, 0.2) is 5.96 Å². The first-order valence-corrected chi connectivity index (χ1v) is 6.02. The number of nitrogens with two attached hydrogens (primary N) is 1. The number of nitrogens with one attached hydrogen (secondary N) is 1.